The van der Waals surface area contributed by atoms with Gasteiger partial charge in [-0.3, -0.25) is 9.32 Å². The number of carbonyl (C=O) groups is 1. The Hall–Kier alpha value is -2.32. The molecule has 1 amide bonds. The number of furan rings is 1. The lowest BCUT2D eigenvalue weighted by molar-refractivity contribution is 0.0877. The van der Waals surface area contributed by atoms with Crippen LogP contribution < -0.4 is 10.1 Å². The van der Waals surface area contributed by atoms with Crippen molar-refractivity contribution in [1.29, 1.82) is 0 Å². The van der Waals surface area contributed by atoms with Crippen LogP contribution in [0.3, 0.4) is 0 Å². The summed E-state index contributed by atoms with van der Waals surface area (Å²) >= 11 is 11.9. The number of amides is 1. The lowest BCUT2D eigenvalue weighted by atomic mass is 10.1. The highest BCUT2D eigenvalue weighted by molar-refractivity contribution is 7.46. The number of hydrogen-bond donors (Lipinski definition) is 3. The summed E-state index contributed by atoms with van der Waals surface area (Å²) in [7, 11) is -4.70. The van der Waals surface area contributed by atoms with E-state index in [-0.39, 0.29) is 18.1 Å². The van der Waals surface area contributed by atoms with Gasteiger partial charge in [0.1, 0.15) is 5.75 Å². The van der Waals surface area contributed by atoms with Gasteiger partial charge in [0.15, 0.2) is 5.76 Å². The Labute approximate surface area is 187 Å². The first-order valence-corrected chi connectivity index (χ1v) is 11.3. The highest BCUT2D eigenvalue weighted by atomic mass is 35.5. The smallest absolute Gasteiger partial charge is 0.426 e. The van der Waals surface area contributed by atoms with Crippen molar-refractivity contribution in [2.75, 3.05) is 6.61 Å². The molecule has 3 rings (SSSR count). The van der Waals surface area contributed by atoms with E-state index in [1.165, 1.54) is 24.3 Å². The molecule has 164 valence electrons. The molecule has 0 bridgehead atoms. The van der Waals surface area contributed by atoms with Crippen molar-refractivity contribution in [3.05, 3.63) is 82.0 Å². The minimum absolute atomic E-state index is 0.0366. The maximum Gasteiger partial charge on any atom is 0.469 e. The molecule has 0 aliphatic heterocycles. The Morgan fingerprint density at radius 2 is 1.74 bits per heavy atom. The Bertz CT molecular complexity index is 1060. The van der Waals surface area contributed by atoms with Gasteiger partial charge in [-0.1, -0.05) is 53.5 Å². The molecule has 1 heterocycles. The molecule has 1 aromatic heterocycles. The molecule has 3 aromatic rings. The molecule has 0 fully saturated rings. The quantitative estimate of drug-likeness (QED) is 0.371. The Morgan fingerprint density at radius 3 is 2.39 bits per heavy atom. The van der Waals surface area contributed by atoms with Gasteiger partial charge in [0, 0.05) is 16.1 Å². The first-order valence-electron chi connectivity index (χ1n) is 8.96. The summed E-state index contributed by atoms with van der Waals surface area (Å²) in [6.07, 6.45) is 0.289. The summed E-state index contributed by atoms with van der Waals surface area (Å²) in [6, 6.07) is 15.9. The van der Waals surface area contributed by atoms with Crippen LogP contribution in [0.2, 0.25) is 10.0 Å². The molecule has 0 aliphatic carbocycles. The lowest BCUT2D eigenvalue weighted by Gasteiger charge is -2.18. The van der Waals surface area contributed by atoms with Gasteiger partial charge in [-0.05, 0) is 36.2 Å². The number of rotatable bonds is 9. The molecular formula is C20H18Cl2NO7P. The van der Waals surface area contributed by atoms with Crippen molar-refractivity contribution in [2.24, 2.45) is 0 Å². The maximum absolute atomic E-state index is 12.6. The lowest BCUT2D eigenvalue weighted by Crippen LogP contribution is -2.39. The molecule has 0 spiro atoms. The van der Waals surface area contributed by atoms with Crippen LogP contribution in [0.5, 0.6) is 11.7 Å². The summed E-state index contributed by atoms with van der Waals surface area (Å²) in [6.45, 7) is -0.393. The third-order valence-corrected chi connectivity index (χ3v) is 4.89. The molecule has 0 saturated heterocycles. The highest BCUT2D eigenvalue weighted by Crippen LogP contribution is 2.36. The van der Waals surface area contributed by atoms with Gasteiger partial charge in [-0.15, -0.1) is 0 Å². The maximum atomic E-state index is 12.6. The second kappa shape index (κ2) is 10.3. The average molecular weight is 486 g/mol. The van der Waals surface area contributed by atoms with E-state index in [1.54, 1.807) is 6.07 Å². The van der Waals surface area contributed by atoms with Gasteiger partial charge in [0.25, 0.3) is 11.9 Å². The van der Waals surface area contributed by atoms with Gasteiger partial charge in [0.05, 0.1) is 12.6 Å². The number of phosphoric acid groups is 1. The van der Waals surface area contributed by atoms with Crippen LogP contribution in [0.25, 0.3) is 0 Å². The van der Waals surface area contributed by atoms with E-state index in [2.05, 4.69) is 9.84 Å². The first-order chi connectivity index (χ1) is 14.7. The largest absolute Gasteiger partial charge is 0.469 e. The van der Waals surface area contributed by atoms with E-state index in [0.29, 0.717) is 15.8 Å². The van der Waals surface area contributed by atoms with E-state index in [4.69, 9.17) is 42.1 Å². The highest BCUT2D eigenvalue weighted by Gasteiger charge is 2.22. The molecule has 2 aromatic carbocycles. The van der Waals surface area contributed by atoms with Crippen molar-refractivity contribution in [3.8, 4) is 11.7 Å². The molecule has 0 saturated carbocycles. The number of ether oxygens (including phenoxy) is 1. The molecule has 8 nitrogen and oxygen atoms in total. The number of nitrogens with one attached hydrogen (secondary N) is 1. The second-order valence-electron chi connectivity index (χ2n) is 6.47. The van der Waals surface area contributed by atoms with Crippen LogP contribution in [0.4, 0.5) is 0 Å². The number of benzene rings is 2. The number of halogens is 2. The zero-order chi connectivity index (χ0) is 22.4. The third kappa shape index (κ3) is 7.70. The van der Waals surface area contributed by atoms with Gasteiger partial charge in [0.2, 0.25) is 0 Å². The van der Waals surface area contributed by atoms with Gasteiger partial charge in [-0.25, -0.2) is 4.57 Å². The fraction of sp³-hybridized carbons (Fsp3) is 0.150. The van der Waals surface area contributed by atoms with Crippen molar-refractivity contribution in [3.63, 3.8) is 0 Å². The minimum atomic E-state index is -4.70. The number of hydrogen-bond acceptors (Lipinski definition) is 5. The van der Waals surface area contributed by atoms with E-state index in [0.717, 1.165) is 5.56 Å². The topological polar surface area (TPSA) is 118 Å². The first kappa shape index (κ1) is 23.3. The molecule has 11 heteroatoms. The van der Waals surface area contributed by atoms with Crippen LogP contribution in [0, 0.1) is 0 Å². The van der Waals surface area contributed by atoms with E-state index in [9.17, 15) is 9.36 Å². The number of phosphoric ester groups is 1. The van der Waals surface area contributed by atoms with Gasteiger partial charge in [-0.2, -0.15) is 0 Å². The van der Waals surface area contributed by atoms with Crippen molar-refractivity contribution in [2.45, 2.75) is 12.5 Å². The van der Waals surface area contributed by atoms with Crippen molar-refractivity contribution >= 4 is 36.9 Å². The predicted molar refractivity (Wildman–Crippen MR) is 115 cm³/mol. The van der Waals surface area contributed by atoms with Crippen LogP contribution in [-0.4, -0.2) is 28.3 Å². The minimum Gasteiger partial charge on any atom is -0.426 e. The molecule has 1 atom stereocenters. The number of carbonyl (C=O) groups excluding carboxylic acids is 1. The fourth-order valence-electron chi connectivity index (χ4n) is 2.69. The molecule has 3 N–H and O–H groups in total. The monoisotopic (exact) mass is 485 g/mol. The molecular weight excluding hydrogens is 468 g/mol. The molecule has 0 unspecified atom stereocenters. The van der Waals surface area contributed by atoms with E-state index < -0.39 is 26.4 Å². The van der Waals surface area contributed by atoms with Crippen LogP contribution in [0.15, 0.2) is 65.1 Å². The Balaban J connectivity index is 1.68. The third-order valence-electron chi connectivity index (χ3n) is 3.96. The van der Waals surface area contributed by atoms with Crippen LogP contribution in [0.1, 0.15) is 16.1 Å². The average Bonchev–Trinajstić information content (AvgIpc) is 3.14. The van der Waals surface area contributed by atoms with Crippen LogP contribution >= 0.6 is 31.0 Å². The summed E-state index contributed by atoms with van der Waals surface area (Å²) in [5, 5.41) is 3.40. The predicted octanol–water partition coefficient (Wildman–Crippen LogP) is 4.83. The van der Waals surface area contributed by atoms with E-state index >= 15 is 0 Å². The van der Waals surface area contributed by atoms with Crippen LogP contribution in [-0.2, 0) is 15.5 Å². The van der Waals surface area contributed by atoms with Crippen molar-refractivity contribution in [1.82, 2.24) is 5.32 Å². The summed E-state index contributed by atoms with van der Waals surface area (Å²) < 4.78 is 26.6. The zero-order valence-electron chi connectivity index (χ0n) is 15.9. The standard InChI is InChI=1S/C20H18Cl2NO7P/c21-14-9-15(22)11-17(10-14)29-19-7-6-18(30-19)20(24)23-16(12-28-31(25,26)27)8-13-4-2-1-3-5-13/h1-7,9-11,16H,8,12H2,(H,23,24)(H2,25,26,27)/t16-/m1/s1. The van der Waals surface area contributed by atoms with Gasteiger partial charge >= 0.3 is 7.82 Å². The SMILES string of the molecule is O=C(N[C@@H](COP(=O)(O)O)Cc1ccccc1)c1ccc(Oc2cc(Cl)cc(Cl)c2)o1. The summed E-state index contributed by atoms with van der Waals surface area (Å²) in [4.78, 5) is 30.6. The summed E-state index contributed by atoms with van der Waals surface area (Å²) in [5.41, 5.74) is 0.850. The molecule has 0 radical (unpaired) electrons. The van der Waals surface area contributed by atoms with Gasteiger partial charge < -0.3 is 24.3 Å². The van der Waals surface area contributed by atoms with E-state index in [1.807, 2.05) is 30.3 Å². The molecule has 31 heavy (non-hydrogen) atoms. The summed E-state index contributed by atoms with van der Waals surface area (Å²) in [5.74, 6) is -0.294. The van der Waals surface area contributed by atoms with Crippen molar-refractivity contribution < 1.29 is 32.8 Å². The fourth-order valence-corrected chi connectivity index (χ4v) is 3.57. The Kier molecular flexibility index (Phi) is 7.78. The second-order valence-corrected chi connectivity index (χ2v) is 8.58. The molecule has 0 aliphatic rings. The normalized spacial score (nSPS) is 12.4. The Morgan fingerprint density at radius 1 is 1.06 bits per heavy atom. The zero-order valence-corrected chi connectivity index (χ0v) is 18.3.